The van der Waals surface area contributed by atoms with Gasteiger partial charge in [0, 0.05) is 12.0 Å². The first-order chi connectivity index (χ1) is 9.51. The maximum Gasteiger partial charge on any atom is 0.174 e. The van der Waals surface area contributed by atoms with Crippen LogP contribution in [0.2, 0.25) is 0 Å². The summed E-state index contributed by atoms with van der Waals surface area (Å²) in [4.78, 5) is 12.3. The zero-order chi connectivity index (χ0) is 14.1. The fourth-order valence-electron chi connectivity index (χ4n) is 4.34. The van der Waals surface area contributed by atoms with E-state index < -0.39 is 17.1 Å². The molecular weight excluding hydrogens is 256 g/mol. The molecule has 1 fully saturated rings. The molecule has 4 rings (SSSR count). The van der Waals surface area contributed by atoms with Gasteiger partial charge < -0.3 is 14.6 Å². The summed E-state index contributed by atoms with van der Waals surface area (Å²) < 4.78 is 11.3. The number of benzene rings is 1. The van der Waals surface area contributed by atoms with Gasteiger partial charge in [-0.15, -0.1) is 0 Å². The topological polar surface area (TPSA) is 55.8 Å². The highest BCUT2D eigenvalue weighted by molar-refractivity contribution is 5.89. The Morgan fingerprint density at radius 1 is 1.35 bits per heavy atom. The van der Waals surface area contributed by atoms with E-state index in [0.717, 1.165) is 12.0 Å². The fourth-order valence-corrected chi connectivity index (χ4v) is 4.34. The number of carbonyl (C=O) groups is 1. The number of ketones is 1. The Labute approximate surface area is 117 Å². The third-order valence-electron chi connectivity index (χ3n) is 5.56. The highest BCUT2D eigenvalue weighted by atomic mass is 16.5. The van der Waals surface area contributed by atoms with Crippen LogP contribution in [0.5, 0.6) is 11.5 Å². The molecule has 3 aliphatic rings. The molecule has 2 aliphatic carbocycles. The van der Waals surface area contributed by atoms with Crippen LogP contribution in [0.4, 0.5) is 0 Å². The molecule has 1 N–H and O–H groups in total. The van der Waals surface area contributed by atoms with Crippen LogP contribution < -0.4 is 9.47 Å². The summed E-state index contributed by atoms with van der Waals surface area (Å²) in [6, 6.07) is 3.93. The molecule has 4 heteroatoms. The minimum Gasteiger partial charge on any atom is -0.493 e. The smallest absolute Gasteiger partial charge is 0.174 e. The van der Waals surface area contributed by atoms with Crippen LogP contribution in [0.3, 0.4) is 0 Å². The molecule has 1 heterocycles. The van der Waals surface area contributed by atoms with Crippen LogP contribution in [0.15, 0.2) is 12.1 Å². The third-order valence-corrected chi connectivity index (χ3v) is 5.56. The quantitative estimate of drug-likeness (QED) is 0.847. The fraction of sp³-hybridized carbons (Fsp3) is 0.562. The third kappa shape index (κ3) is 1.15. The molecule has 0 radical (unpaired) electrons. The van der Waals surface area contributed by atoms with Gasteiger partial charge in [-0.3, -0.25) is 4.79 Å². The lowest BCUT2D eigenvalue weighted by Gasteiger charge is -2.51. The maximum absolute atomic E-state index is 12.3. The number of aryl methyl sites for hydroxylation is 1. The molecule has 1 aromatic carbocycles. The van der Waals surface area contributed by atoms with Crippen molar-refractivity contribution in [3.63, 3.8) is 0 Å². The predicted octanol–water partition coefficient (Wildman–Crippen LogP) is 1.75. The van der Waals surface area contributed by atoms with Crippen LogP contribution in [0.25, 0.3) is 0 Å². The monoisotopic (exact) mass is 274 g/mol. The van der Waals surface area contributed by atoms with E-state index in [9.17, 15) is 9.90 Å². The summed E-state index contributed by atoms with van der Waals surface area (Å²) in [5.74, 6) is 1.39. The minimum atomic E-state index is -0.851. The predicted molar refractivity (Wildman–Crippen MR) is 72.3 cm³/mol. The molecule has 0 amide bonds. The van der Waals surface area contributed by atoms with E-state index in [1.807, 2.05) is 19.1 Å². The molecule has 1 saturated carbocycles. The number of carbonyl (C=O) groups excluding carboxylic acids is 1. The molecular formula is C16H18O4. The van der Waals surface area contributed by atoms with Gasteiger partial charge in [-0.05, 0) is 37.8 Å². The van der Waals surface area contributed by atoms with E-state index in [-0.39, 0.29) is 5.78 Å². The van der Waals surface area contributed by atoms with E-state index in [4.69, 9.17) is 9.47 Å². The van der Waals surface area contributed by atoms with Crippen molar-refractivity contribution in [3.8, 4) is 11.5 Å². The van der Waals surface area contributed by atoms with Crippen molar-refractivity contribution in [1.82, 2.24) is 0 Å². The molecule has 106 valence electrons. The van der Waals surface area contributed by atoms with Crippen LogP contribution in [0.1, 0.15) is 37.3 Å². The maximum atomic E-state index is 12.3. The summed E-state index contributed by atoms with van der Waals surface area (Å²) in [6.45, 7) is 1.97. The average molecular weight is 274 g/mol. The van der Waals surface area contributed by atoms with Gasteiger partial charge >= 0.3 is 0 Å². The number of hydrogen-bond donors (Lipinski definition) is 1. The molecule has 0 aromatic heterocycles. The Bertz CT molecular complexity index is 623. The van der Waals surface area contributed by atoms with Crippen LogP contribution in [-0.2, 0) is 16.6 Å². The molecule has 0 spiro atoms. The minimum absolute atomic E-state index is 0.0864. The highest BCUT2D eigenvalue weighted by Crippen LogP contribution is 2.60. The number of ether oxygens (including phenoxy) is 2. The molecule has 20 heavy (non-hydrogen) atoms. The van der Waals surface area contributed by atoms with E-state index in [0.29, 0.717) is 30.8 Å². The molecule has 1 aliphatic heterocycles. The Kier molecular flexibility index (Phi) is 2.17. The SMILES string of the molecule is COc1ccc2c3c1O[C@H]1C(=O)CC[C@@](O)(CC2)[C@@]31C. The van der Waals surface area contributed by atoms with Crippen molar-refractivity contribution in [3.05, 3.63) is 23.3 Å². The highest BCUT2D eigenvalue weighted by Gasteiger charge is 2.65. The standard InChI is InChI=1S/C16H18O4/c1-15-12-9-3-4-11(19-2)13(12)20-14(15)10(17)6-8-16(15,18)7-5-9/h3-4,14,18H,5-8H2,1-2H3/t14-,15-,16-/m0/s1. The number of hydrogen-bond acceptors (Lipinski definition) is 4. The normalized spacial score (nSPS) is 37.4. The van der Waals surface area contributed by atoms with Gasteiger partial charge in [0.25, 0.3) is 0 Å². The lowest BCUT2D eigenvalue weighted by molar-refractivity contribution is -0.149. The summed E-state index contributed by atoms with van der Waals surface area (Å²) in [5.41, 5.74) is 0.671. The molecule has 0 saturated heterocycles. The molecule has 0 unspecified atom stereocenters. The summed E-state index contributed by atoms with van der Waals surface area (Å²) in [6.07, 6.45) is 1.85. The van der Waals surface area contributed by atoms with Crippen molar-refractivity contribution in [2.45, 2.75) is 49.7 Å². The second-order valence-corrected chi connectivity index (χ2v) is 6.33. The van der Waals surface area contributed by atoms with Gasteiger partial charge in [0.1, 0.15) is 0 Å². The molecule has 3 atom stereocenters. The van der Waals surface area contributed by atoms with Gasteiger partial charge in [0.2, 0.25) is 0 Å². The number of Topliss-reactive ketones (excluding diaryl/α,β-unsaturated/α-hetero) is 1. The Hall–Kier alpha value is -1.55. The largest absolute Gasteiger partial charge is 0.493 e. The van der Waals surface area contributed by atoms with Crippen molar-refractivity contribution >= 4 is 5.78 Å². The van der Waals surface area contributed by atoms with Gasteiger partial charge in [0.05, 0.1) is 18.1 Å². The first kappa shape index (κ1) is 12.2. The summed E-state index contributed by atoms with van der Waals surface area (Å²) in [7, 11) is 1.60. The van der Waals surface area contributed by atoms with Gasteiger partial charge in [-0.25, -0.2) is 0 Å². The van der Waals surface area contributed by atoms with E-state index in [1.165, 1.54) is 5.56 Å². The van der Waals surface area contributed by atoms with Crippen molar-refractivity contribution in [2.24, 2.45) is 0 Å². The van der Waals surface area contributed by atoms with E-state index >= 15 is 0 Å². The lowest BCUT2D eigenvalue weighted by atomic mass is 9.55. The number of methoxy groups -OCH3 is 1. The van der Waals surface area contributed by atoms with Crippen LogP contribution >= 0.6 is 0 Å². The van der Waals surface area contributed by atoms with Crippen molar-refractivity contribution in [1.29, 1.82) is 0 Å². The van der Waals surface area contributed by atoms with Gasteiger partial charge in [-0.2, -0.15) is 0 Å². The zero-order valence-electron chi connectivity index (χ0n) is 11.7. The summed E-state index contributed by atoms with van der Waals surface area (Å²) in [5, 5.41) is 11.1. The Balaban J connectivity index is 2.03. The van der Waals surface area contributed by atoms with Gasteiger partial charge in [-0.1, -0.05) is 6.07 Å². The van der Waals surface area contributed by atoms with Crippen molar-refractivity contribution in [2.75, 3.05) is 7.11 Å². The molecule has 4 nitrogen and oxygen atoms in total. The number of aliphatic hydroxyl groups is 1. The molecule has 0 bridgehead atoms. The zero-order valence-corrected chi connectivity index (χ0v) is 11.7. The lowest BCUT2D eigenvalue weighted by Crippen LogP contribution is -2.63. The average Bonchev–Trinajstić information content (AvgIpc) is 2.77. The molecule has 1 aromatic rings. The first-order valence-electron chi connectivity index (χ1n) is 7.13. The van der Waals surface area contributed by atoms with E-state index in [1.54, 1.807) is 7.11 Å². The Morgan fingerprint density at radius 3 is 2.85 bits per heavy atom. The van der Waals surface area contributed by atoms with Crippen molar-refractivity contribution < 1.29 is 19.4 Å². The van der Waals surface area contributed by atoms with Crippen LogP contribution in [-0.4, -0.2) is 29.7 Å². The summed E-state index contributed by atoms with van der Waals surface area (Å²) >= 11 is 0. The van der Waals surface area contributed by atoms with Crippen LogP contribution in [0, 0.1) is 0 Å². The Morgan fingerprint density at radius 2 is 2.10 bits per heavy atom. The van der Waals surface area contributed by atoms with E-state index in [2.05, 4.69) is 0 Å². The first-order valence-corrected chi connectivity index (χ1v) is 7.13. The number of rotatable bonds is 1. The van der Waals surface area contributed by atoms with Gasteiger partial charge in [0.15, 0.2) is 23.4 Å². The second kappa shape index (κ2) is 3.55. The second-order valence-electron chi connectivity index (χ2n) is 6.33.